The smallest absolute Gasteiger partial charge is 0.250 e. The van der Waals surface area contributed by atoms with Crippen LogP contribution >= 0.6 is 46.3 Å². The maximum atomic E-state index is 13.0. The van der Waals surface area contributed by atoms with Crippen molar-refractivity contribution < 1.29 is 13.2 Å². The standard InChI is InChI=1S/C20H20Cl2N4O3S3/c1-3-17(26(32(2,28)29)14-9-10-15(21)16(22)11-14)18(27)23-19-24-25-20(31-19)30-12-13-7-5-4-6-8-13/h4-11,17H,3,12H2,1-2H3,(H,23,24,27)/t17-/m1/s1. The molecule has 1 atom stereocenters. The Morgan fingerprint density at radius 2 is 1.88 bits per heavy atom. The van der Waals surface area contributed by atoms with Gasteiger partial charge in [0.1, 0.15) is 6.04 Å². The predicted molar refractivity (Wildman–Crippen MR) is 132 cm³/mol. The second-order valence-corrected chi connectivity index (χ2v) is 11.6. The maximum Gasteiger partial charge on any atom is 0.250 e. The fraction of sp³-hybridized carbons (Fsp3) is 0.250. The van der Waals surface area contributed by atoms with Crippen LogP contribution in [0.25, 0.3) is 0 Å². The van der Waals surface area contributed by atoms with Crippen molar-refractivity contribution in [3.63, 3.8) is 0 Å². The van der Waals surface area contributed by atoms with Crippen LogP contribution in [0.3, 0.4) is 0 Å². The number of benzene rings is 2. The van der Waals surface area contributed by atoms with E-state index in [2.05, 4.69) is 15.5 Å². The number of sulfonamides is 1. The highest BCUT2D eigenvalue weighted by atomic mass is 35.5. The van der Waals surface area contributed by atoms with Crippen molar-refractivity contribution in [3.05, 3.63) is 64.1 Å². The average molecular weight is 532 g/mol. The highest BCUT2D eigenvalue weighted by molar-refractivity contribution is 8.00. The quantitative estimate of drug-likeness (QED) is 0.297. The number of hydrogen-bond donors (Lipinski definition) is 1. The van der Waals surface area contributed by atoms with Crippen LogP contribution in [-0.2, 0) is 20.6 Å². The molecule has 3 aromatic rings. The third kappa shape index (κ3) is 6.35. The molecule has 1 aromatic heterocycles. The van der Waals surface area contributed by atoms with E-state index in [1.54, 1.807) is 6.92 Å². The Morgan fingerprint density at radius 1 is 1.16 bits per heavy atom. The fourth-order valence-electron chi connectivity index (χ4n) is 2.91. The third-order valence-electron chi connectivity index (χ3n) is 4.33. The number of aromatic nitrogens is 2. The monoisotopic (exact) mass is 530 g/mol. The maximum absolute atomic E-state index is 13.0. The number of carbonyl (C=O) groups is 1. The summed E-state index contributed by atoms with van der Waals surface area (Å²) in [5.41, 5.74) is 1.40. The molecule has 0 spiro atoms. The molecule has 0 bridgehead atoms. The Balaban J connectivity index is 1.75. The van der Waals surface area contributed by atoms with Crippen LogP contribution in [0.2, 0.25) is 10.0 Å². The summed E-state index contributed by atoms with van der Waals surface area (Å²) in [6.45, 7) is 1.72. The summed E-state index contributed by atoms with van der Waals surface area (Å²) in [4.78, 5) is 13.0. The summed E-state index contributed by atoms with van der Waals surface area (Å²) < 4.78 is 26.8. The Bertz CT molecular complexity index is 1190. The molecule has 32 heavy (non-hydrogen) atoms. The molecule has 0 aliphatic rings. The lowest BCUT2D eigenvalue weighted by Gasteiger charge is -2.30. The molecule has 1 N–H and O–H groups in total. The largest absolute Gasteiger partial charge is 0.299 e. The lowest BCUT2D eigenvalue weighted by atomic mass is 10.2. The lowest BCUT2D eigenvalue weighted by molar-refractivity contribution is -0.117. The molecule has 7 nitrogen and oxygen atoms in total. The molecule has 0 radical (unpaired) electrons. The first-order chi connectivity index (χ1) is 15.2. The van der Waals surface area contributed by atoms with Crippen LogP contribution in [0.15, 0.2) is 52.9 Å². The molecule has 0 unspecified atom stereocenters. The second-order valence-electron chi connectivity index (χ2n) is 6.72. The van der Waals surface area contributed by atoms with Gasteiger partial charge in [-0.25, -0.2) is 8.42 Å². The van der Waals surface area contributed by atoms with Crippen LogP contribution in [0, 0.1) is 0 Å². The number of nitrogens with zero attached hydrogens (tertiary/aromatic N) is 3. The van der Waals surface area contributed by atoms with E-state index in [4.69, 9.17) is 23.2 Å². The van der Waals surface area contributed by atoms with Gasteiger partial charge < -0.3 is 0 Å². The summed E-state index contributed by atoms with van der Waals surface area (Å²) in [5, 5.41) is 11.6. The molecule has 0 saturated heterocycles. The molecule has 170 valence electrons. The minimum atomic E-state index is -3.80. The van der Waals surface area contributed by atoms with Gasteiger partial charge in [-0.3, -0.25) is 14.4 Å². The van der Waals surface area contributed by atoms with E-state index in [1.165, 1.54) is 41.3 Å². The van der Waals surface area contributed by atoms with Crippen LogP contribution in [0.1, 0.15) is 18.9 Å². The van der Waals surface area contributed by atoms with Gasteiger partial charge >= 0.3 is 0 Å². The third-order valence-corrected chi connectivity index (χ3v) is 8.29. The normalized spacial score (nSPS) is 12.4. The van der Waals surface area contributed by atoms with Crippen LogP contribution in [0.5, 0.6) is 0 Å². The summed E-state index contributed by atoms with van der Waals surface area (Å²) in [7, 11) is -3.80. The van der Waals surface area contributed by atoms with Gasteiger partial charge in [0.25, 0.3) is 0 Å². The zero-order valence-electron chi connectivity index (χ0n) is 17.2. The van der Waals surface area contributed by atoms with Crippen LogP contribution in [-0.4, -0.2) is 36.8 Å². The van der Waals surface area contributed by atoms with Crippen LogP contribution < -0.4 is 9.62 Å². The molecule has 1 heterocycles. The SMILES string of the molecule is CC[C@H](C(=O)Nc1nnc(SCc2ccccc2)s1)N(c1ccc(Cl)c(Cl)c1)S(C)(=O)=O. The number of carbonyl (C=O) groups excluding carboxylic acids is 1. The van der Waals surface area contributed by atoms with Gasteiger partial charge in [0, 0.05) is 5.75 Å². The van der Waals surface area contributed by atoms with Gasteiger partial charge in [0.2, 0.25) is 21.1 Å². The first kappa shape index (κ1) is 24.8. The number of amides is 1. The first-order valence-electron chi connectivity index (χ1n) is 9.44. The number of thioether (sulfide) groups is 1. The summed E-state index contributed by atoms with van der Waals surface area (Å²) >= 11 is 14.8. The van der Waals surface area contributed by atoms with E-state index in [9.17, 15) is 13.2 Å². The van der Waals surface area contributed by atoms with E-state index in [-0.39, 0.29) is 22.2 Å². The highest BCUT2D eigenvalue weighted by Crippen LogP contribution is 2.32. The van der Waals surface area contributed by atoms with E-state index < -0.39 is 22.0 Å². The number of rotatable bonds is 9. The fourth-order valence-corrected chi connectivity index (χ4v) is 6.12. The van der Waals surface area contributed by atoms with E-state index in [1.807, 2.05) is 30.3 Å². The zero-order valence-corrected chi connectivity index (χ0v) is 21.1. The predicted octanol–water partition coefficient (Wildman–Crippen LogP) is 5.32. The van der Waals surface area contributed by atoms with Crippen molar-refractivity contribution in [2.24, 2.45) is 0 Å². The summed E-state index contributed by atoms with van der Waals surface area (Å²) in [6.07, 6.45) is 1.27. The Labute approximate surface area is 205 Å². The molecular formula is C20H20Cl2N4O3S3. The van der Waals surface area contributed by atoms with Gasteiger partial charge in [-0.2, -0.15) is 0 Å². The number of nitrogens with one attached hydrogen (secondary N) is 1. The van der Waals surface area contributed by atoms with Crippen molar-refractivity contribution in [2.75, 3.05) is 15.9 Å². The lowest BCUT2D eigenvalue weighted by Crippen LogP contribution is -2.47. The molecule has 3 rings (SSSR count). The number of hydrogen-bond acceptors (Lipinski definition) is 7. The van der Waals surface area contributed by atoms with Gasteiger partial charge in [0.05, 0.1) is 22.0 Å². The molecule has 0 aliphatic heterocycles. The van der Waals surface area contributed by atoms with E-state index in [0.29, 0.717) is 9.47 Å². The molecular weight excluding hydrogens is 511 g/mol. The Hall–Kier alpha value is -1.85. The van der Waals surface area contributed by atoms with Gasteiger partial charge in [0.15, 0.2) is 4.34 Å². The minimum Gasteiger partial charge on any atom is -0.299 e. The average Bonchev–Trinajstić information content (AvgIpc) is 3.19. The molecule has 0 aliphatic carbocycles. The summed E-state index contributed by atoms with van der Waals surface area (Å²) in [5.74, 6) is 0.208. The molecule has 1 amide bonds. The second kappa shape index (κ2) is 10.8. The molecule has 2 aromatic carbocycles. The van der Waals surface area contributed by atoms with Crippen molar-refractivity contribution in [1.82, 2.24) is 10.2 Å². The Morgan fingerprint density at radius 3 is 2.50 bits per heavy atom. The minimum absolute atomic E-state index is 0.192. The zero-order chi connectivity index (χ0) is 23.3. The topological polar surface area (TPSA) is 92.3 Å². The van der Waals surface area contributed by atoms with Crippen molar-refractivity contribution >= 4 is 73.0 Å². The van der Waals surface area contributed by atoms with Crippen molar-refractivity contribution in [3.8, 4) is 0 Å². The van der Waals surface area contributed by atoms with Gasteiger partial charge in [-0.15, -0.1) is 10.2 Å². The van der Waals surface area contributed by atoms with Crippen LogP contribution in [0.4, 0.5) is 10.8 Å². The van der Waals surface area contributed by atoms with E-state index in [0.717, 1.165) is 21.9 Å². The van der Waals surface area contributed by atoms with Crippen molar-refractivity contribution in [1.29, 1.82) is 0 Å². The first-order valence-corrected chi connectivity index (χ1v) is 13.8. The number of halogens is 2. The van der Waals surface area contributed by atoms with E-state index >= 15 is 0 Å². The summed E-state index contributed by atoms with van der Waals surface area (Å²) in [6, 6.07) is 13.3. The number of anilines is 2. The van der Waals surface area contributed by atoms with Crippen molar-refractivity contribution in [2.45, 2.75) is 29.5 Å². The van der Waals surface area contributed by atoms with Gasteiger partial charge in [-0.1, -0.05) is 83.6 Å². The Kier molecular flexibility index (Phi) is 8.40. The molecule has 12 heteroatoms. The van der Waals surface area contributed by atoms with Gasteiger partial charge in [-0.05, 0) is 30.2 Å². The highest BCUT2D eigenvalue weighted by Gasteiger charge is 2.32. The molecule has 0 saturated carbocycles. The molecule has 0 fully saturated rings.